The molecule has 3 heteroatoms. The Hall–Kier alpha value is -0.570. The summed E-state index contributed by atoms with van der Waals surface area (Å²) in [5, 5.41) is 6.83. The van der Waals surface area contributed by atoms with Gasteiger partial charge in [0.15, 0.2) is 0 Å². The van der Waals surface area contributed by atoms with E-state index in [1.54, 1.807) is 0 Å². The van der Waals surface area contributed by atoms with E-state index >= 15 is 0 Å². The molecule has 14 heavy (non-hydrogen) atoms. The Morgan fingerprint density at radius 3 is 2.29 bits per heavy atom. The Kier molecular flexibility index (Phi) is 3.93. The van der Waals surface area contributed by atoms with E-state index in [4.69, 9.17) is 9.84 Å². The number of rotatable bonds is 2. The molecule has 0 radical (unpaired) electrons. The molecule has 0 unspecified atom stereocenters. The monoisotopic (exact) mass is 198 g/mol. The van der Waals surface area contributed by atoms with Crippen LogP contribution in [0.4, 0.5) is 0 Å². The third-order valence-electron chi connectivity index (χ3n) is 2.45. The van der Waals surface area contributed by atoms with Gasteiger partial charge in [0.05, 0.1) is 26.3 Å². The lowest BCUT2D eigenvalue weighted by Crippen LogP contribution is -2.34. The molecule has 1 rings (SSSR count). The van der Waals surface area contributed by atoms with Gasteiger partial charge in [-0.25, -0.2) is 0 Å². The normalized spacial score (nSPS) is 20.0. The molecule has 1 saturated heterocycles. The molecule has 1 fully saturated rings. The van der Waals surface area contributed by atoms with Gasteiger partial charge in [0.2, 0.25) is 0 Å². The Balaban J connectivity index is 2.62. The van der Waals surface area contributed by atoms with Crippen molar-refractivity contribution in [2.24, 2.45) is 10.5 Å². The smallest absolute Gasteiger partial charge is 0.0659 e. The Bertz CT molecular complexity index is 200. The van der Waals surface area contributed by atoms with Crippen molar-refractivity contribution in [3.63, 3.8) is 0 Å². The maximum atomic E-state index is 5.29. The minimum atomic E-state index is 0.188. The summed E-state index contributed by atoms with van der Waals surface area (Å²) in [6, 6.07) is 0. The first-order valence-electron chi connectivity index (χ1n) is 5.44. The second kappa shape index (κ2) is 4.78. The average molecular weight is 198 g/mol. The molecule has 0 N–H and O–H groups in total. The lowest BCUT2D eigenvalue weighted by Gasteiger charge is -2.28. The van der Waals surface area contributed by atoms with Crippen LogP contribution in [0.5, 0.6) is 0 Å². The van der Waals surface area contributed by atoms with Gasteiger partial charge in [-0.15, -0.1) is 0 Å². The highest BCUT2D eigenvalue weighted by Gasteiger charge is 2.19. The summed E-state index contributed by atoms with van der Waals surface area (Å²) in [6.45, 7) is 12.3. The van der Waals surface area contributed by atoms with E-state index in [1.165, 1.54) is 5.71 Å². The van der Waals surface area contributed by atoms with Crippen molar-refractivity contribution in [1.29, 1.82) is 0 Å². The van der Waals surface area contributed by atoms with E-state index in [-0.39, 0.29) is 5.41 Å². The Labute approximate surface area is 87.1 Å². The third-order valence-corrected chi connectivity index (χ3v) is 2.45. The van der Waals surface area contributed by atoms with Crippen LogP contribution in [0.15, 0.2) is 5.10 Å². The second-order valence-corrected chi connectivity index (χ2v) is 4.72. The maximum absolute atomic E-state index is 5.29. The van der Waals surface area contributed by atoms with E-state index in [0.29, 0.717) is 0 Å². The minimum absolute atomic E-state index is 0.188. The molecular formula is C11H22N2O. The summed E-state index contributed by atoms with van der Waals surface area (Å²) in [4.78, 5) is 0. The number of hydrogen-bond donors (Lipinski definition) is 0. The fraction of sp³-hybridized carbons (Fsp3) is 0.909. The van der Waals surface area contributed by atoms with Crippen molar-refractivity contribution < 1.29 is 4.74 Å². The molecule has 1 aliphatic rings. The van der Waals surface area contributed by atoms with Gasteiger partial charge in [-0.2, -0.15) is 5.10 Å². The van der Waals surface area contributed by atoms with Crippen LogP contribution in [0.2, 0.25) is 0 Å². The first kappa shape index (κ1) is 11.5. The molecule has 1 heterocycles. The maximum Gasteiger partial charge on any atom is 0.0659 e. The van der Waals surface area contributed by atoms with E-state index in [1.807, 2.05) is 0 Å². The Morgan fingerprint density at radius 2 is 1.86 bits per heavy atom. The molecule has 0 bridgehead atoms. The molecule has 0 saturated carbocycles. The van der Waals surface area contributed by atoms with Crippen LogP contribution < -0.4 is 0 Å². The molecular weight excluding hydrogens is 176 g/mol. The van der Waals surface area contributed by atoms with E-state index in [2.05, 4.69) is 32.7 Å². The zero-order valence-corrected chi connectivity index (χ0v) is 9.84. The largest absolute Gasteiger partial charge is 0.378 e. The second-order valence-electron chi connectivity index (χ2n) is 4.72. The lowest BCUT2D eigenvalue weighted by molar-refractivity contribution is 0.0387. The topological polar surface area (TPSA) is 24.8 Å². The fourth-order valence-electron chi connectivity index (χ4n) is 1.58. The van der Waals surface area contributed by atoms with Gasteiger partial charge in [0.25, 0.3) is 0 Å². The van der Waals surface area contributed by atoms with E-state index < -0.39 is 0 Å². The van der Waals surface area contributed by atoms with Crippen molar-refractivity contribution in [2.75, 3.05) is 26.3 Å². The van der Waals surface area contributed by atoms with Gasteiger partial charge in [-0.1, -0.05) is 27.7 Å². The quantitative estimate of drug-likeness (QED) is 0.635. The van der Waals surface area contributed by atoms with Crippen molar-refractivity contribution in [2.45, 2.75) is 34.1 Å². The highest BCUT2D eigenvalue weighted by atomic mass is 16.5. The zero-order chi connectivity index (χ0) is 10.6. The van der Waals surface area contributed by atoms with Crippen LogP contribution in [0, 0.1) is 5.41 Å². The third kappa shape index (κ3) is 3.29. The standard InChI is InChI=1S/C11H22N2O/c1-5-10(11(2,3)4)12-13-6-8-14-9-7-13/h5-9H2,1-4H3/b12-10+. The predicted octanol–water partition coefficient (Wildman–Crippen LogP) is 2.13. The molecule has 82 valence electrons. The van der Waals surface area contributed by atoms with Crippen LogP contribution >= 0.6 is 0 Å². The average Bonchev–Trinajstić information content (AvgIpc) is 2.14. The summed E-state index contributed by atoms with van der Waals surface area (Å²) in [5.41, 5.74) is 1.46. The molecule has 0 spiro atoms. The van der Waals surface area contributed by atoms with Crippen LogP contribution in [-0.2, 0) is 4.74 Å². The first-order chi connectivity index (χ1) is 6.54. The number of morpholine rings is 1. The summed E-state index contributed by atoms with van der Waals surface area (Å²) < 4.78 is 5.29. The highest BCUT2D eigenvalue weighted by molar-refractivity contribution is 5.88. The predicted molar refractivity (Wildman–Crippen MR) is 59.6 cm³/mol. The van der Waals surface area contributed by atoms with Crippen molar-refractivity contribution in [3.8, 4) is 0 Å². The van der Waals surface area contributed by atoms with Gasteiger partial charge >= 0.3 is 0 Å². The number of hydrogen-bond acceptors (Lipinski definition) is 3. The number of hydrazone groups is 1. The molecule has 0 aromatic heterocycles. The molecule has 0 aromatic rings. The minimum Gasteiger partial charge on any atom is -0.378 e. The van der Waals surface area contributed by atoms with Crippen LogP contribution in [0.3, 0.4) is 0 Å². The van der Waals surface area contributed by atoms with Gasteiger partial charge < -0.3 is 4.74 Å². The van der Waals surface area contributed by atoms with Crippen molar-refractivity contribution in [3.05, 3.63) is 0 Å². The summed E-state index contributed by atoms with van der Waals surface area (Å²) in [6.07, 6.45) is 1.03. The van der Waals surface area contributed by atoms with Gasteiger partial charge in [-0.3, -0.25) is 5.01 Å². The van der Waals surface area contributed by atoms with E-state index in [9.17, 15) is 0 Å². The first-order valence-corrected chi connectivity index (χ1v) is 5.44. The zero-order valence-electron chi connectivity index (χ0n) is 9.84. The van der Waals surface area contributed by atoms with Crippen molar-refractivity contribution >= 4 is 5.71 Å². The van der Waals surface area contributed by atoms with Crippen LogP contribution in [-0.4, -0.2) is 37.0 Å². The molecule has 1 aliphatic heterocycles. The summed E-state index contributed by atoms with van der Waals surface area (Å²) in [7, 11) is 0. The number of ether oxygens (including phenoxy) is 1. The van der Waals surface area contributed by atoms with Crippen molar-refractivity contribution in [1.82, 2.24) is 5.01 Å². The molecule has 3 nitrogen and oxygen atoms in total. The van der Waals surface area contributed by atoms with Gasteiger partial charge in [0.1, 0.15) is 0 Å². The number of nitrogens with zero attached hydrogens (tertiary/aromatic N) is 2. The van der Waals surface area contributed by atoms with E-state index in [0.717, 1.165) is 32.7 Å². The SMILES string of the molecule is CC/C(=N\N1CCOCC1)C(C)(C)C. The van der Waals surface area contributed by atoms with Gasteiger partial charge in [-0.05, 0) is 6.42 Å². The molecule has 0 amide bonds. The lowest BCUT2D eigenvalue weighted by atomic mass is 9.88. The summed E-state index contributed by atoms with van der Waals surface area (Å²) >= 11 is 0. The molecule has 0 aliphatic carbocycles. The van der Waals surface area contributed by atoms with Gasteiger partial charge in [0, 0.05) is 11.1 Å². The summed E-state index contributed by atoms with van der Waals surface area (Å²) in [5.74, 6) is 0. The molecule has 0 aromatic carbocycles. The Morgan fingerprint density at radius 1 is 1.29 bits per heavy atom. The fourth-order valence-corrected chi connectivity index (χ4v) is 1.58. The molecule has 0 atom stereocenters. The highest BCUT2D eigenvalue weighted by Crippen LogP contribution is 2.19. The van der Waals surface area contributed by atoms with Crippen LogP contribution in [0.25, 0.3) is 0 Å². The van der Waals surface area contributed by atoms with Crippen LogP contribution in [0.1, 0.15) is 34.1 Å².